The topological polar surface area (TPSA) is 83.5 Å². The molecule has 28 heavy (non-hydrogen) atoms. The van der Waals surface area contributed by atoms with Crippen LogP contribution in [0, 0.1) is 0 Å². The van der Waals surface area contributed by atoms with Crippen molar-refractivity contribution in [3.05, 3.63) is 71.8 Å². The van der Waals surface area contributed by atoms with Gasteiger partial charge >= 0.3 is 5.97 Å². The molecule has 2 N–H and O–H groups in total. The Balaban J connectivity index is 1.99. The van der Waals surface area contributed by atoms with E-state index in [-0.39, 0.29) is 23.7 Å². The summed E-state index contributed by atoms with van der Waals surface area (Å²) < 4.78 is 3.00. The van der Waals surface area contributed by atoms with Gasteiger partial charge in [0.15, 0.2) is 5.54 Å². The highest BCUT2D eigenvalue weighted by Crippen LogP contribution is 2.29. The Kier molecular flexibility index (Phi) is 8.76. The first-order valence-electron chi connectivity index (χ1n) is 8.91. The van der Waals surface area contributed by atoms with Crippen molar-refractivity contribution in [3.8, 4) is 0 Å². The Morgan fingerprint density at radius 2 is 1.57 bits per heavy atom. The second kappa shape index (κ2) is 11.0. The molecule has 0 fully saturated rings. The normalized spacial score (nSPS) is 12.9. The van der Waals surface area contributed by atoms with Gasteiger partial charge in [-0.25, -0.2) is 9.52 Å². The van der Waals surface area contributed by atoms with Crippen LogP contribution in [0.1, 0.15) is 35.7 Å². The zero-order valence-electron chi connectivity index (χ0n) is 15.6. The molecular weight excluding hydrogens is 394 g/mol. The first-order chi connectivity index (χ1) is 13.5. The number of ketones is 1. The van der Waals surface area contributed by atoms with E-state index in [1.54, 1.807) is 49.4 Å². The standard InChI is InChI=1S/C21H23NO4S2/c1-2-18(23)15-21(20(25)26,17-11-7-4-8-12-17)22-28-14-13-27-19(24)16-9-5-3-6-10-16/h3-12,22H,2,13-15H2,1H3,(H,25,26)/t21-/m1/s1. The van der Waals surface area contributed by atoms with Crippen LogP contribution in [0.15, 0.2) is 60.7 Å². The predicted octanol–water partition coefficient (Wildman–Crippen LogP) is 4.15. The number of Topliss-reactive ketones (excluding diaryl/α,β-unsaturated/α-hetero) is 1. The fourth-order valence-electron chi connectivity index (χ4n) is 2.59. The monoisotopic (exact) mass is 417 g/mol. The molecule has 0 bridgehead atoms. The number of nitrogens with one attached hydrogen (secondary N) is 1. The van der Waals surface area contributed by atoms with Crippen LogP contribution in [0.4, 0.5) is 0 Å². The molecule has 0 heterocycles. The summed E-state index contributed by atoms with van der Waals surface area (Å²) in [4.78, 5) is 36.3. The minimum absolute atomic E-state index is 0.0186. The summed E-state index contributed by atoms with van der Waals surface area (Å²) >= 11 is 2.41. The van der Waals surface area contributed by atoms with E-state index in [0.717, 1.165) is 0 Å². The van der Waals surface area contributed by atoms with Gasteiger partial charge in [0.2, 0.25) is 5.12 Å². The van der Waals surface area contributed by atoms with Gasteiger partial charge in [-0.1, -0.05) is 91.3 Å². The number of carboxylic acids is 1. The lowest BCUT2D eigenvalue weighted by atomic mass is 9.85. The predicted molar refractivity (Wildman–Crippen MR) is 114 cm³/mol. The molecule has 1 atom stereocenters. The summed E-state index contributed by atoms with van der Waals surface area (Å²) in [6, 6.07) is 17.7. The lowest BCUT2D eigenvalue weighted by Crippen LogP contribution is -2.48. The van der Waals surface area contributed by atoms with E-state index in [9.17, 15) is 19.5 Å². The minimum Gasteiger partial charge on any atom is -0.480 e. The Morgan fingerprint density at radius 3 is 2.14 bits per heavy atom. The molecule has 0 aliphatic heterocycles. The van der Waals surface area contributed by atoms with E-state index in [2.05, 4.69) is 4.72 Å². The lowest BCUT2D eigenvalue weighted by Gasteiger charge is -2.30. The van der Waals surface area contributed by atoms with Crippen LogP contribution >= 0.6 is 23.7 Å². The Morgan fingerprint density at radius 1 is 0.964 bits per heavy atom. The Labute approximate surface area is 173 Å². The summed E-state index contributed by atoms with van der Waals surface area (Å²) in [5.41, 5.74) is -0.319. The fourth-order valence-corrected chi connectivity index (χ4v) is 4.37. The summed E-state index contributed by atoms with van der Waals surface area (Å²) in [7, 11) is 0. The molecule has 0 aliphatic rings. The molecule has 7 heteroatoms. The van der Waals surface area contributed by atoms with Gasteiger partial charge in [0.05, 0.1) is 0 Å². The van der Waals surface area contributed by atoms with Crippen molar-refractivity contribution < 1.29 is 19.5 Å². The van der Waals surface area contributed by atoms with Crippen LogP contribution in [0.2, 0.25) is 0 Å². The van der Waals surface area contributed by atoms with Gasteiger partial charge in [-0.15, -0.1) is 0 Å². The van der Waals surface area contributed by atoms with Crippen molar-refractivity contribution in [1.82, 2.24) is 4.72 Å². The zero-order chi connectivity index (χ0) is 20.4. The van der Waals surface area contributed by atoms with Crippen molar-refractivity contribution >= 4 is 40.6 Å². The maximum atomic E-state index is 12.1. The van der Waals surface area contributed by atoms with Crippen LogP contribution in [0.5, 0.6) is 0 Å². The van der Waals surface area contributed by atoms with E-state index < -0.39 is 11.5 Å². The van der Waals surface area contributed by atoms with E-state index in [4.69, 9.17) is 0 Å². The SMILES string of the molecule is CCC(=O)C[C@](NSCCSC(=O)c1ccccc1)(C(=O)O)c1ccccc1. The van der Waals surface area contributed by atoms with Gasteiger partial charge in [0.1, 0.15) is 5.78 Å². The Hall–Kier alpha value is -2.09. The summed E-state index contributed by atoms with van der Waals surface area (Å²) in [6.45, 7) is 1.72. The zero-order valence-corrected chi connectivity index (χ0v) is 17.2. The van der Waals surface area contributed by atoms with Crippen molar-refractivity contribution in [2.24, 2.45) is 0 Å². The summed E-state index contributed by atoms with van der Waals surface area (Å²) in [5, 5.41) is 9.91. The highest BCUT2D eigenvalue weighted by atomic mass is 32.2. The average molecular weight is 418 g/mol. The summed E-state index contributed by atoms with van der Waals surface area (Å²) in [6.07, 6.45) is 0.140. The first kappa shape index (κ1) is 22.2. The van der Waals surface area contributed by atoms with Crippen LogP contribution < -0.4 is 4.72 Å². The van der Waals surface area contributed by atoms with Crippen LogP contribution in [-0.2, 0) is 15.1 Å². The fraction of sp³-hybridized carbons (Fsp3) is 0.286. The van der Waals surface area contributed by atoms with Crippen LogP contribution in [-0.4, -0.2) is 33.5 Å². The number of carbonyl (C=O) groups excluding carboxylic acids is 2. The third-order valence-corrected chi connectivity index (χ3v) is 6.23. The Bertz CT molecular complexity index is 799. The number of carboxylic acid groups (broad SMARTS) is 1. The van der Waals surface area contributed by atoms with Crippen molar-refractivity contribution in [1.29, 1.82) is 0 Å². The van der Waals surface area contributed by atoms with Gasteiger partial charge in [-0.2, -0.15) is 0 Å². The quantitative estimate of drug-likeness (QED) is 0.420. The number of carbonyl (C=O) groups is 3. The molecule has 5 nitrogen and oxygen atoms in total. The van der Waals surface area contributed by atoms with Crippen molar-refractivity contribution in [2.75, 3.05) is 11.5 Å². The minimum atomic E-state index is -1.49. The molecule has 0 saturated carbocycles. The number of benzene rings is 2. The molecular formula is C21H23NO4S2. The second-order valence-electron chi connectivity index (χ2n) is 6.10. The third-order valence-electron chi connectivity index (χ3n) is 4.16. The molecule has 0 amide bonds. The molecule has 2 aromatic rings. The molecule has 0 radical (unpaired) electrons. The maximum absolute atomic E-state index is 12.1. The number of rotatable bonds is 11. The number of hydrogen-bond acceptors (Lipinski definition) is 6. The molecule has 0 aliphatic carbocycles. The number of aliphatic carboxylic acids is 1. The lowest BCUT2D eigenvalue weighted by molar-refractivity contribution is -0.146. The molecule has 148 valence electrons. The van der Waals surface area contributed by atoms with E-state index in [1.807, 2.05) is 18.2 Å². The van der Waals surface area contributed by atoms with Gasteiger partial charge in [0, 0.05) is 29.9 Å². The molecule has 0 aromatic heterocycles. The highest BCUT2D eigenvalue weighted by Gasteiger charge is 2.42. The first-order valence-corrected chi connectivity index (χ1v) is 10.9. The second-order valence-corrected chi connectivity index (χ2v) is 8.07. The third kappa shape index (κ3) is 5.95. The van der Waals surface area contributed by atoms with Gasteiger partial charge in [-0.3, -0.25) is 9.59 Å². The van der Waals surface area contributed by atoms with E-state index in [0.29, 0.717) is 22.6 Å². The van der Waals surface area contributed by atoms with Crippen LogP contribution in [0.25, 0.3) is 0 Å². The largest absolute Gasteiger partial charge is 0.480 e. The number of thioether (sulfide) groups is 1. The average Bonchev–Trinajstić information content (AvgIpc) is 2.73. The molecule has 0 unspecified atom stereocenters. The maximum Gasteiger partial charge on any atom is 0.329 e. The van der Waals surface area contributed by atoms with Crippen molar-refractivity contribution in [3.63, 3.8) is 0 Å². The van der Waals surface area contributed by atoms with E-state index in [1.165, 1.54) is 23.7 Å². The van der Waals surface area contributed by atoms with Gasteiger partial charge in [-0.05, 0) is 5.56 Å². The van der Waals surface area contributed by atoms with E-state index >= 15 is 0 Å². The molecule has 0 saturated heterocycles. The summed E-state index contributed by atoms with van der Waals surface area (Å²) in [5.74, 6) is -0.183. The molecule has 2 rings (SSSR count). The molecule has 0 spiro atoms. The highest BCUT2D eigenvalue weighted by molar-refractivity contribution is 8.14. The van der Waals surface area contributed by atoms with Gasteiger partial charge < -0.3 is 5.11 Å². The van der Waals surface area contributed by atoms with Crippen LogP contribution in [0.3, 0.4) is 0 Å². The van der Waals surface area contributed by atoms with Crippen molar-refractivity contribution in [2.45, 2.75) is 25.3 Å². The smallest absolute Gasteiger partial charge is 0.329 e. The van der Waals surface area contributed by atoms with Gasteiger partial charge in [0.25, 0.3) is 0 Å². The number of hydrogen-bond donors (Lipinski definition) is 2. The molecule has 2 aromatic carbocycles.